The van der Waals surface area contributed by atoms with E-state index in [1.54, 1.807) is 31.2 Å². The maximum Gasteiger partial charge on any atom is 0.253 e. The van der Waals surface area contributed by atoms with Crippen LogP contribution in [0.4, 0.5) is 10.1 Å². The lowest BCUT2D eigenvalue weighted by Crippen LogP contribution is -2.52. The van der Waals surface area contributed by atoms with Crippen molar-refractivity contribution in [3.63, 3.8) is 0 Å². The van der Waals surface area contributed by atoms with Gasteiger partial charge < -0.3 is 19.2 Å². The van der Waals surface area contributed by atoms with Crippen molar-refractivity contribution in [2.45, 2.75) is 19.8 Å². The number of amides is 2. The third kappa shape index (κ3) is 5.03. The molecule has 3 aromatic rings. The van der Waals surface area contributed by atoms with Crippen LogP contribution in [0.5, 0.6) is 0 Å². The molecule has 8 nitrogen and oxygen atoms in total. The number of carbonyl (C=O) groups excluding carboxylic acids is 2. The first kappa shape index (κ1) is 23.0. The molecule has 35 heavy (non-hydrogen) atoms. The van der Waals surface area contributed by atoms with Crippen LogP contribution in [0.3, 0.4) is 0 Å². The van der Waals surface area contributed by atoms with Gasteiger partial charge in [0, 0.05) is 68.9 Å². The Morgan fingerprint density at radius 1 is 0.886 bits per heavy atom. The SMILES string of the molecule is Cc1nc(-c2ccc(C(=O)N3CCC(C(=O)N4CCN(c5ccc(F)cc5)CC4)CC3)cc2)no1. The molecule has 0 saturated carbocycles. The van der Waals surface area contributed by atoms with Crippen LogP contribution in [0.15, 0.2) is 53.1 Å². The average molecular weight is 478 g/mol. The number of hydrogen-bond donors (Lipinski definition) is 0. The Morgan fingerprint density at radius 3 is 2.14 bits per heavy atom. The van der Waals surface area contributed by atoms with Gasteiger partial charge in [0.15, 0.2) is 0 Å². The lowest BCUT2D eigenvalue weighted by atomic mass is 9.94. The highest BCUT2D eigenvalue weighted by atomic mass is 19.1. The van der Waals surface area contributed by atoms with Gasteiger partial charge in [-0.3, -0.25) is 9.59 Å². The van der Waals surface area contributed by atoms with E-state index in [0.29, 0.717) is 56.3 Å². The number of carbonyl (C=O) groups is 2. The fourth-order valence-corrected chi connectivity index (χ4v) is 4.79. The van der Waals surface area contributed by atoms with E-state index in [9.17, 15) is 14.0 Å². The highest BCUT2D eigenvalue weighted by Gasteiger charge is 2.32. The number of aromatic nitrogens is 2. The second-order valence-electron chi connectivity index (χ2n) is 9.07. The normalized spacial score (nSPS) is 17.0. The Labute approximate surface area is 203 Å². The molecule has 9 heteroatoms. The van der Waals surface area contributed by atoms with E-state index in [0.717, 1.165) is 24.3 Å². The number of rotatable bonds is 4. The van der Waals surface area contributed by atoms with Gasteiger partial charge in [-0.1, -0.05) is 17.3 Å². The molecule has 0 spiro atoms. The van der Waals surface area contributed by atoms with Crippen LogP contribution in [0.25, 0.3) is 11.4 Å². The molecule has 2 amide bonds. The van der Waals surface area contributed by atoms with Gasteiger partial charge in [0.25, 0.3) is 5.91 Å². The first-order valence-corrected chi connectivity index (χ1v) is 12.0. The van der Waals surface area contributed by atoms with Crippen molar-refractivity contribution in [1.29, 1.82) is 0 Å². The van der Waals surface area contributed by atoms with E-state index in [1.165, 1.54) is 12.1 Å². The number of anilines is 1. The van der Waals surface area contributed by atoms with Gasteiger partial charge in [-0.25, -0.2) is 4.39 Å². The van der Waals surface area contributed by atoms with Crippen LogP contribution in [0, 0.1) is 18.7 Å². The lowest BCUT2D eigenvalue weighted by molar-refractivity contribution is -0.137. The van der Waals surface area contributed by atoms with E-state index < -0.39 is 0 Å². The van der Waals surface area contributed by atoms with Crippen molar-refractivity contribution < 1.29 is 18.5 Å². The highest BCUT2D eigenvalue weighted by molar-refractivity contribution is 5.94. The summed E-state index contributed by atoms with van der Waals surface area (Å²) in [6.07, 6.45) is 1.34. The molecular formula is C26H28FN5O3. The van der Waals surface area contributed by atoms with Crippen LogP contribution < -0.4 is 4.90 Å². The van der Waals surface area contributed by atoms with Crippen LogP contribution in [0.1, 0.15) is 29.1 Å². The number of benzene rings is 2. The Kier molecular flexibility index (Phi) is 6.48. The van der Waals surface area contributed by atoms with Crippen LogP contribution in [-0.2, 0) is 4.79 Å². The Morgan fingerprint density at radius 2 is 1.54 bits per heavy atom. The van der Waals surface area contributed by atoms with E-state index in [1.807, 2.05) is 21.9 Å². The number of halogens is 1. The Balaban J connectivity index is 1.11. The smallest absolute Gasteiger partial charge is 0.253 e. The summed E-state index contributed by atoms with van der Waals surface area (Å²) in [7, 11) is 0. The van der Waals surface area contributed by atoms with E-state index in [-0.39, 0.29) is 23.5 Å². The zero-order chi connectivity index (χ0) is 24.4. The molecule has 0 atom stereocenters. The second kappa shape index (κ2) is 9.85. The average Bonchev–Trinajstić information content (AvgIpc) is 3.35. The van der Waals surface area contributed by atoms with Crippen LogP contribution >= 0.6 is 0 Å². The van der Waals surface area contributed by atoms with Crippen molar-refractivity contribution in [2.24, 2.45) is 5.92 Å². The monoisotopic (exact) mass is 477 g/mol. The molecule has 0 aliphatic carbocycles. The summed E-state index contributed by atoms with van der Waals surface area (Å²) in [4.78, 5) is 36.2. The summed E-state index contributed by atoms with van der Waals surface area (Å²) in [5.41, 5.74) is 2.38. The van der Waals surface area contributed by atoms with Crippen molar-refractivity contribution in [3.05, 3.63) is 65.8 Å². The maximum absolute atomic E-state index is 13.2. The molecule has 2 fully saturated rings. The first-order chi connectivity index (χ1) is 17.0. The summed E-state index contributed by atoms with van der Waals surface area (Å²) < 4.78 is 18.2. The summed E-state index contributed by atoms with van der Waals surface area (Å²) in [6, 6.07) is 13.7. The Bertz CT molecular complexity index is 1180. The quantitative estimate of drug-likeness (QED) is 0.573. The second-order valence-corrected chi connectivity index (χ2v) is 9.07. The summed E-state index contributed by atoms with van der Waals surface area (Å²) in [5, 5.41) is 3.90. The zero-order valence-electron chi connectivity index (χ0n) is 19.7. The molecule has 1 aromatic heterocycles. The maximum atomic E-state index is 13.2. The van der Waals surface area contributed by atoms with E-state index in [4.69, 9.17) is 4.52 Å². The molecule has 3 heterocycles. The molecule has 2 aliphatic heterocycles. The van der Waals surface area contributed by atoms with Crippen molar-refractivity contribution in [1.82, 2.24) is 19.9 Å². The number of nitrogens with zero attached hydrogens (tertiary/aromatic N) is 5. The molecule has 0 bridgehead atoms. The Hall–Kier alpha value is -3.75. The van der Waals surface area contributed by atoms with Crippen molar-refractivity contribution >= 4 is 17.5 Å². The molecule has 2 aliphatic rings. The van der Waals surface area contributed by atoms with E-state index >= 15 is 0 Å². The van der Waals surface area contributed by atoms with Crippen LogP contribution in [-0.4, -0.2) is 71.0 Å². The van der Waals surface area contributed by atoms with Crippen molar-refractivity contribution in [2.75, 3.05) is 44.2 Å². The zero-order valence-corrected chi connectivity index (χ0v) is 19.7. The molecule has 2 aromatic carbocycles. The lowest BCUT2D eigenvalue weighted by Gasteiger charge is -2.39. The van der Waals surface area contributed by atoms with Gasteiger partial charge in [0.2, 0.25) is 17.6 Å². The molecule has 182 valence electrons. The topological polar surface area (TPSA) is 82.8 Å². The minimum absolute atomic E-state index is 0.0281. The number of aryl methyl sites for hydroxylation is 1. The molecule has 5 rings (SSSR count). The largest absolute Gasteiger partial charge is 0.368 e. The fraction of sp³-hybridized carbons (Fsp3) is 0.385. The van der Waals surface area contributed by atoms with Gasteiger partial charge in [0.05, 0.1) is 0 Å². The van der Waals surface area contributed by atoms with Gasteiger partial charge in [-0.2, -0.15) is 4.98 Å². The van der Waals surface area contributed by atoms with E-state index in [2.05, 4.69) is 15.0 Å². The molecule has 2 saturated heterocycles. The molecule has 0 radical (unpaired) electrons. The van der Waals surface area contributed by atoms with Gasteiger partial charge in [-0.15, -0.1) is 0 Å². The van der Waals surface area contributed by atoms with Gasteiger partial charge in [-0.05, 0) is 49.2 Å². The molecular weight excluding hydrogens is 449 g/mol. The van der Waals surface area contributed by atoms with Gasteiger partial charge in [0.1, 0.15) is 5.82 Å². The van der Waals surface area contributed by atoms with Gasteiger partial charge >= 0.3 is 0 Å². The fourth-order valence-electron chi connectivity index (χ4n) is 4.79. The number of piperidine rings is 1. The minimum atomic E-state index is -0.247. The summed E-state index contributed by atoms with van der Waals surface area (Å²) in [6.45, 7) is 5.63. The third-order valence-corrected chi connectivity index (χ3v) is 6.83. The van der Waals surface area contributed by atoms with Crippen molar-refractivity contribution in [3.8, 4) is 11.4 Å². The molecule has 0 N–H and O–H groups in total. The predicted molar refractivity (Wildman–Crippen MR) is 128 cm³/mol. The predicted octanol–water partition coefficient (Wildman–Crippen LogP) is 3.39. The number of hydrogen-bond acceptors (Lipinski definition) is 6. The number of piperazine rings is 1. The van der Waals surface area contributed by atoms with Crippen LogP contribution in [0.2, 0.25) is 0 Å². The first-order valence-electron chi connectivity index (χ1n) is 12.0. The summed E-state index contributed by atoms with van der Waals surface area (Å²) >= 11 is 0. The standard InChI is InChI=1S/C26H28FN5O3/c1-18-28-24(29-35-18)19-2-4-20(5-3-19)25(33)31-12-10-21(11-13-31)26(34)32-16-14-30(15-17-32)23-8-6-22(27)7-9-23/h2-9,21H,10-17H2,1H3. The molecule has 0 unspecified atom stereocenters. The third-order valence-electron chi connectivity index (χ3n) is 6.83. The number of likely N-dealkylation sites (tertiary alicyclic amines) is 1. The minimum Gasteiger partial charge on any atom is -0.368 e. The highest BCUT2D eigenvalue weighted by Crippen LogP contribution is 2.24. The summed E-state index contributed by atoms with van der Waals surface area (Å²) in [5.74, 6) is 0.838.